The highest BCUT2D eigenvalue weighted by Gasteiger charge is 2.35. The summed E-state index contributed by atoms with van der Waals surface area (Å²) >= 11 is 1.91. The number of hydrogen-bond acceptors (Lipinski definition) is 3. The largest absolute Gasteiger partial charge is 0.378 e. The first kappa shape index (κ1) is 14.2. The molecule has 2 nitrogen and oxygen atoms in total. The Kier molecular flexibility index (Phi) is 3.87. The van der Waals surface area contributed by atoms with Gasteiger partial charge in [-0.05, 0) is 36.6 Å². The zero-order valence-corrected chi connectivity index (χ0v) is 13.7. The molecule has 0 radical (unpaired) electrons. The SMILES string of the molecule is Cc1ccc(C2=CC3COCC(C2)N3Cc2ccccc2)s1. The van der Waals surface area contributed by atoms with E-state index in [0.29, 0.717) is 12.1 Å². The average Bonchev–Trinajstić information content (AvgIpc) is 2.94. The lowest BCUT2D eigenvalue weighted by atomic mass is 9.92. The van der Waals surface area contributed by atoms with Crippen LogP contribution >= 0.6 is 11.3 Å². The van der Waals surface area contributed by atoms with Gasteiger partial charge in [-0.1, -0.05) is 36.4 Å². The molecule has 1 aromatic heterocycles. The van der Waals surface area contributed by atoms with E-state index in [4.69, 9.17) is 4.74 Å². The number of aryl methyl sites for hydroxylation is 1. The monoisotopic (exact) mass is 311 g/mol. The van der Waals surface area contributed by atoms with Crippen molar-refractivity contribution in [1.82, 2.24) is 4.90 Å². The number of hydrogen-bond donors (Lipinski definition) is 0. The van der Waals surface area contributed by atoms with Crippen LogP contribution in [0.15, 0.2) is 48.5 Å². The summed E-state index contributed by atoms with van der Waals surface area (Å²) < 4.78 is 5.81. The molecule has 2 atom stereocenters. The van der Waals surface area contributed by atoms with Crippen LogP contribution in [0.5, 0.6) is 0 Å². The second-order valence-electron chi connectivity index (χ2n) is 6.22. The van der Waals surface area contributed by atoms with Crippen LogP contribution in [-0.4, -0.2) is 30.2 Å². The molecule has 0 amide bonds. The summed E-state index contributed by atoms with van der Waals surface area (Å²) in [5.74, 6) is 0. The molecule has 2 aliphatic heterocycles. The third-order valence-electron chi connectivity index (χ3n) is 4.61. The van der Waals surface area contributed by atoms with Crippen molar-refractivity contribution in [3.05, 3.63) is 63.9 Å². The molecule has 22 heavy (non-hydrogen) atoms. The fraction of sp³-hybridized carbons (Fsp3) is 0.368. The molecule has 0 aliphatic carbocycles. The van der Waals surface area contributed by atoms with Crippen molar-refractivity contribution in [1.29, 1.82) is 0 Å². The van der Waals surface area contributed by atoms with Crippen LogP contribution in [0.2, 0.25) is 0 Å². The fourth-order valence-electron chi connectivity index (χ4n) is 3.49. The molecule has 0 N–H and O–H groups in total. The van der Waals surface area contributed by atoms with E-state index in [1.54, 1.807) is 0 Å². The zero-order chi connectivity index (χ0) is 14.9. The topological polar surface area (TPSA) is 12.5 Å². The summed E-state index contributed by atoms with van der Waals surface area (Å²) in [4.78, 5) is 5.45. The van der Waals surface area contributed by atoms with Gasteiger partial charge >= 0.3 is 0 Å². The van der Waals surface area contributed by atoms with Crippen LogP contribution < -0.4 is 0 Å². The van der Waals surface area contributed by atoms with Gasteiger partial charge in [0, 0.05) is 22.3 Å². The van der Waals surface area contributed by atoms with Crippen molar-refractivity contribution in [2.75, 3.05) is 13.2 Å². The second kappa shape index (κ2) is 5.99. The van der Waals surface area contributed by atoms with E-state index < -0.39 is 0 Å². The highest BCUT2D eigenvalue weighted by molar-refractivity contribution is 7.13. The molecule has 2 unspecified atom stereocenters. The number of rotatable bonds is 3. The van der Waals surface area contributed by atoms with Gasteiger partial charge in [0.05, 0.1) is 19.3 Å². The summed E-state index contributed by atoms with van der Waals surface area (Å²) in [6, 6.07) is 16.2. The Morgan fingerprint density at radius 1 is 1.14 bits per heavy atom. The van der Waals surface area contributed by atoms with Crippen LogP contribution in [0.1, 0.15) is 21.7 Å². The first-order valence-corrected chi connectivity index (χ1v) is 8.76. The standard InChI is InChI=1S/C19H21NOS/c1-14-7-8-19(22-14)16-9-17-12-21-13-18(10-16)20(17)11-15-5-3-2-4-6-15/h2-9,17-18H,10-13H2,1H3. The number of thiophene rings is 1. The molecule has 1 saturated heterocycles. The third-order valence-corrected chi connectivity index (χ3v) is 5.68. The maximum Gasteiger partial charge on any atom is 0.0658 e. The maximum atomic E-state index is 5.81. The van der Waals surface area contributed by atoms with Crippen LogP contribution in [0.3, 0.4) is 0 Å². The van der Waals surface area contributed by atoms with Crippen LogP contribution in [-0.2, 0) is 11.3 Å². The first-order chi connectivity index (χ1) is 10.8. The van der Waals surface area contributed by atoms with Crippen molar-refractivity contribution in [2.24, 2.45) is 0 Å². The first-order valence-electron chi connectivity index (χ1n) is 7.94. The van der Waals surface area contributed by atoms with Crippen LogP contribution in [0.4, 0.5) is 0 Å². The van der Waals surface area contributed by atoms with Gasteiger partial charge in [0.2, 0.25) is 0 Å². The summed E-state index contributed by atoms with van der Waals surface area (Å²) in [6.45, 7) is 4.87. The molecule has 4 rings (SSSR count). The van der Waals surface area contributed by atoms with E-state index in [2.05, 4.69) is 60.4 Å². The Morgan fingerprint density at radius 3 is 2.73 bits per heavy atom. The number of fused-ring (bicyclic) bond motifs is 2. The normalized spacial score (nSPS) is 25.0. The van der Waals surface area contributed by atoms with Crippen molar-refractivity contribution < 1.29 is 4.74 Å². The zero-order valence-electron chi connectivity index (χ0n) is 12.9. The Balaban J connectivity index is 1.59. The average molecular weight is 311 g/mol. The minimum absolute atomic E-state index is 0.408. The molecule has 2 aliphatic rings. The lowest BCUT2D eigenvalue weighted by Gasteiger charge is -2.44. The summed E-state index contributed by atoms with van der Waals surface area (Å²) in [5.41, 5.74) is 2.91. The van der Waals surface area contributed by atoms with Crippen molar-refractivity contribution in [3.8, 4) is 0 Å². The second-order valence-corrected chi connectivity index (χ2v) is 7.51. The van der Waals surface area contributed by atoms with E-state index in [1.165, 1.54) is 20.9 Å². The Hall–Kier alpha value is -1.42. The Labute approximate surface area is 136 Å². The van der Waals surface area contributed by atoms with Gasteiger partial charge < -0.3 is 4.74 Å². The molecule has 3 heteroatoms. The molecule has 0 saturated carbocycles. The summed E-state index contributed by atoms with van der Waals surface area (Å²) in [7, 11) is 0. The number of benzene rings is 1. The number of morpholine rings is 1. The van der Waals surface area contributed by atoms with E-state index in [9.17, 15) is 0 Å². The molecular formula is C19H21NOS. The fourth-order valence-corrected chi connectivity index (χ4v) is 4.39. The van der Waals surface area contributed by atoms with E-state index in [-0.39, 0.29) is 0 Å². The lowest BCUT2D eigenvalue weighted by molar-refractivity contribution is -0.0402. The van der Waals surface area contributed by atoms with Crippen LogP contribution in [0.25, 0.3) is 5.57 Å². The lowest BCUT2D eigenvalue weighted by Crippen LogP contribution is -2.53. The molecule has 2 aromatic rings. The quantitative estimate of drug-likeness (QED) is 0.845. The molecule has 1 fully saturated rings. The summed E-state index contributed by atoms with van der Waals surface area (Å²) in [6.07, 6.45) is 3.53. The van der Waals surface area contributed by atoms with Gasteiger partial charge in [0.15, 0.2) is 0 Å². The van der Waals surface area contributed by atoms with Gasteiger partial charge in [-0.2, -0.15) is 0 Å². The Morgan fingerprint density at radius 2 is 2.00 bits per heavy atom. The van der Waals surface area contributed by atoms with Gasteiger partial charge in [-0.3, -0.25) is 4.90 Å². The smallest absolute Gasteiger partial charge is 0.0658 e. The minimum Gasteiger partial charge on any atom is -0.378 e. The maximum absolute atomic E-state index is 5.81. The third kappa shape index (κ3) is 2.76. The van der Waals surface area contributed by atoms with E-state index in [0.717, 1.165) is 26.2 Å². The predicted molar refractivity (Wildman–Crippen MR) is 92.0 cm³/mol. The number of nitrogens with zero attached hydrogens (tertiary/aromatic N) is 1. The molecule has 0 spiro atoms. The molecule has 114 valence electrons. The van der Waals surface area contributed by atoms with E-state index in [1.807, 2.05) is 11.3 Å². The highest BCUT2D eigenvalue weighted by atomic mass is 32.1. The molecule has 2 bridgehead atoms. The molecule has 1 aromatic carbocycles. The highest BCUT2D eigenvalue weighted by Crippen LogP contribution is 2.36. The van der Waals surface area contributed by atoms with E-state index >= 15 is 0 Å². The molecular weight excluding hydrogens is 290 g/mol. The minimum atomic E-state index is 0.408. The van der Waals surface area contributed by atoms with Crippen molar-refractivity contribution in [3.63, 3.8) is 0 Å². The van der Waals surface area contributed by atoms with Gasteiger partial charge in [-0.15, -0.1) is 11.3 Å². The van der Waals surface area contributed by atoms with Crippen molar-refractivity contribution >= 4 is 16.9 Å². The summed E-state index contributed by atoms with van der Waals surface area (Å²) in [5, 5.41) is 0. The van der Waals surface area contributed by atoms with Gasteiger partial charge in [0.25, 0.3) is 0 Å². The predicted octanol–water partition coefficient (Wildman–Crippen LogP) is 4.11. The number of ether oxygens (including phenoxy) is 1. The molecule has 3 heterocycles. The Bertz CT molecular complexity index is 676. The van der Waals surface area contributed by atoms with Gasteiger partial charge in [-0.25, -0.2) is 0 Å². The van der Waals surface area contributed by atoms with Crippen LogP contribution in [0, 0.1) is 6.92 Å². The van der Waals surface area contributed by atoms with Gasteiger partial charge in [0.1, 0.15) is 0 Å². The van der Waals surface area contributed by atoms with Crippen molar-refractivity contribution in [2.45, 2.75) is 32.0 Å².